The van der Waals surface area contributed by atoms with E-state index in [1.54, 1.807) is 12.1 Å². The number of piperidine rings is 1. The Hall–Kier alpha value is -1.98. The number of nitrogens with one attached hydrogen (secondary N) is 2. The number of hydrogen-bond donors (Lipinski definition) is 2. The van der Waals surface area contributed by atoms with Crippen LogP contribution in [0.1, 0.15) is 30.9 Å². The van der Waals surface area contributed by atoms with Gasteiger partial charge in [0.15, 0.2) is 0 Å². The summed E-state index contributed by atoms with van der Waals surface area (Å²) >= 11 is 0. The summed E-state index contributed by atoms with van der Waals surface area (Å²) in [5, 5.41) is 15.2. The summed E-state index contributed by atoms with van der Waals surface area (Å²) in [6.45, 7) is 5.29. The molecule has 0 radical (unpaired) electrons. The van der Waals surface area contributed by atoms with E-state index in [4.69, 9.17) is 5.26 Å². The number of nitrogens with zero attached hydrogens (tertiary/aromatic N) is 2. The van der Waals surface area contributed by atoms with Crippen LogP contribution in [0.2, 0.25) is 0 Å². The van der Waals surface area contributed by atoms with Gasteiger partial charge in [-0.25, -0.2) is 0 Å². The highest BCUT2D eigenvalue weighted by Gasteiger charge is 2.39. The lowest BCUT2D eigenvalue weighted by molar-refractivity contribution is -0.137. The maximum absolute atomic E-state index is 13.2. The molecule has 2 saturated heterocycles. The minimum absolute atomic E-state index is 0. The number of carbonyl (C=O) groups is 1. The van der Waals surface area contributed by atoms with E-state index >= 15 is 0 Å². The first-order valence-electron chi connectivity index (χ1n) is 9.69. The molecule has 3 rings (SSSR count). The summed E-state index contributed by atoms with van der Waals surface area (Å²) in [7, 11) is 0. The number of benzene rings is 1. The van der Waals surface area contributed by atoms with Gasteiger partial charge in [-0.15, -0.1) is 12.4 Å². The van der Waals surface area contributed by atoms with E-state index in [2.05, 4.69) is 10.6 Å². The Bertz CT molecular complexity index is 757. The lowest BCUT2D eigenvalue weighted by Crippen LogP contribution is -2.41. The first kappa shape index (κ1) is 23.3. The van der Waals surface area contributed by atoms with Crippen LogP contribution in [0.4, 0.5) is 18.9 Å². The van der Waals surface area contributed by atoms with E-state index in [1.807, 2.05) is 11.8 Å². The van der Waals surface area contributed by atoms with Crippen molar-refractivity contribution in [1.82, 2.24) is 10.6 Å². The Morgan fingerprint density at radius 3 is 2.59 bits per heavy atom. The monoisotopic (exact) mass is 430 g/mol. The van der Waals surface area contributed by atoms with Crippen LogP contribution < -0.4 is 15.5 Å². The average molecular weight is 431 g/mol. The summed E-state index contributed by atoms with van der Waals surface area (Å²) in [4.78, 5) is 14.2. The van der Waals surface area contributed by atoms with Crippen LogP contribution in [0.3, 0.4) is 0 Å². The molecule has 29 heavy (non-hydrogen) atoms. The van der Waals surface area contributed by atoms with Crippen LogP contribution in [-0.2, 0) is 11.0 Å². The van der Waals surface area contributed by atoms with Crippen molar-refractivity contribution >= 4 is 24.0 Å². The molecule has 0 saturated carbocycles. The quantitative estimate of drug-likeness (QED) is 0.769. The van der Waals surface area contributed by atoms with Crippen molar-refractivity contribution in [2.45, 2.75) is 25.9 Å². The molecule has 0 aromatic heterocycles. The van der Waals surface area contributed by atoms with Crippen molar-refractivity contribution < 1.29 is 18.0 Å². The molecule has 2 fully saturated rings. The average Bonchev–Trinajstić information content (AvgIpc) is 3.17. The van der Waals surface area contributed by atoms with Gasteiger partial charge < -0.3 is 15.5 Å². The van der Waals surface area contributed by atoms with E-state index in [0.29, 0.717) is 37.8 Å². The van der Waals surface area contributed by atoms with Crippen molar-refractivity contribution in [3.8, 4) is 6.07 Å². The molecule has 9 heteroatoms. The van der Waals surface area contributed by atoms with Gasteiger partial charge in [0, 0.05) is 31.9 Å². The number of amides is 1. The van der Waals surface area contributed by atoms with Crippen LogP contribution in [0.5, 0.6) is 0 Å². The normalized spacial score (nSPS) is 22.7. The van der Waals surface area contributed by atoms with Crippen molar-refractivity contribution in [2.24, 2.45) is 17.8 Å². The smallest absolute Gasteiger partial charge is 0.372 e. The highest BCUT2D eigenvalue weighted by molar-refractivity contribution is 5.85. The predicted octanol–water partition coefficient (Wildman–Crippen LogP) is 3.19. The fourth-order valence-electron chi connectivity index (χ4n) is 4.43. The molecule has 0 spiro atoms. The third kappa shape index (κ3) is 5.14. The fourth-order valence-corrected chi connectivity index (χ4v) is 4.43. The lowest BCUT2D eigenvalue weighted by atomic mass is 9.78. The zero-order valence-electron chi connectivity index (χ0n) is 16.3. The molecule has 2 N–H and O–H groups in total. The van der Waals surface area contributed by atoms with Gasteiger partial charge in [0.05, 0.1) is 23.1 Å². The molecule has 2 aliphatic heterocycles. The Morgan fingerprint density at radius 1 is 1.31 bits per heavy atom. The van der Waals surface area contributed by atoms with Crippen LogP contribution in [-0.4, -0.2) is 38.6 Å². The zero-order chi connectivity index (χ0) is 20.3. The molecule has 0 aliphatic carbocycles. The minimum Gasteiger partial charge on any atom is -0.372 e. The van der Waals surface area contributed by atoms with Crippen LogP contribution >= 0.6 is 12.4 Å². The molecule has 1 amide bonds. The second-order valence-corrected chi connectivity index (χ2v) is 7.49. The Balaban J connectivity index is 0.00000300. The number of carbonyl (C=O) groups excluding carboxylic acids is 1. The molecule has 1 aromatic carbocycles. The van der Waals surface area contributed by atoms with Gasteiger partial charge in [0.2, 0.25) is 5.91 Å². The summed E-state index contributed by atoms with van der Waals surface area (Å²) < 4.78 is 39.6. The fraction of sp³-hybridized carbons (Fsp3) is 0.600. The number of rotatable bonds is 4. The van der Waals surface area contributed by atoms with Gasteiger partial charge in [-0.3, -0.25) is 4.79 Å². The van der Waals surface area contributed by atoms with Gasteiger partial charge in [-0.2, -0.15) is 18.4 Å². The molecule has 5 nitrogen and oxygen atoms in total. The number of halogens is 4. The van der Waals surface area contributed by atoms with Gasteiger partial charge >= 0.3 is 6.18 Å². The molecular formula is C20H26ClF3N4O. The summed E-state index contributed by atoms with van der Waals surface area (Å²) in [5.41, 5.74) is -0.742. The third-order valence-corrected chi connectivity index (χ3v) is 5.89. The second-order valence-electron chi connectivity index (χ2n) is 7.49. The molecule has 2 atom stereocenters. The molecular weight excluding hydrogens is 405 g/mol. The maximum Gasteiger partial charge on any atom is 0.417 e. The van der Waals surface area contributed by atoms with Crippen LogP contribution in [0, 0.1) is 29.1 Å². The van der Waals surface area contributed by atoms with Crippen LogP contribution in [0.15, 0.2) is 18.2 Å². The molecule has 0 unspecified atom stereocenters. The van der Waals surface area contributed by atoms with Crippen molar-refractivity contribution in [3.63, 3.8) is 0 Å². The highest BCUT2D eigenvalue weighted by atomic mass is 35.5. The van der Waals surface area contributed by atoms with E-state index in [-0.39, 0.29) is 35.7 Å². The van der Waals surface area contributed by atoms with Gasteiger partial charge in [-0.05, 0) is 56.3 Å². The standard InChI is InChI=1S/C20H25F3N4O.ClH/c1-2-26-19(28)17-12-25-11-16(17)13-5-7-27(8-6-13)15-4-3-14(10-24)18(9-15)20(21,22)23;/h3-4,9,13,16-17,25H,2,5-8,11-12H2,1H3,(H,26,28);1H/t16-,17+;/m0./s1. The topological polar surface area (TPSA) is 68.2 Å². The Morgan fingerprint density at radius 2 is 2.00 bits per heavy atom. The largest absolute Gasteiger partial charge is 0.417 e. The molecule has 160 valence electrons. The number of hydrogen-bond acceptors (Lipinski definition) is 4. The van der Waals surface area contributed by atoms with E-state index in [0.717, 1.165) is 25.5 Å². The van der Waals surface area contributed by atoms with Crippen LogP contribution in [0.25, 0.3) is 0 Å². The SMILES string of the molecule is CCNC(=O)[C@@H]1CNC[C@H]1C1CCN(c2ccc(C#N)c(C(F)(F)F)c2)CC1.Cl. The van der Waals surface area contributed by atoms with Gasteiger partial charge in [0.25, 0.3) is 0 Å². The Labute approximate surface area is 175 Å². The molecule has 2 aliphatic rings. The zero-order valence-corrected chi connectivity index (χ0v) is 17.1. The number of alkyl halides is 3. The Kier molecular flexibility index (Phi) is 7.78. The second kappa shape index (κ2) is 9.68. The van der Waals surface area contributed by atoms with E-state index in [9.17, 15) is 18.0 Å². The molecule has 1 aromatic rings. The number of anilines is 1. The third-order valence-electron chi connectivity index (χ3n) is 5.89. The first-order chi connectivity index (χ1) is 13.3. The van der Waals surface area contributed by atoms with Gasteiger partial charge in [0.1, 0.15) is 0 Å². The van der Waals surface area contributed by atoms with Crippen molar-refractivity contribution in [3.05, 3.63) is 29.3 Å². The van der Waals surface area contributed by atoms with Crippen molar-refractivity contribution in [2.75, 3.05) is 37.6 Å². The van der Waals surface area contributed by atoms with E-state index < -0.39 is 11.7 Å². The summed E-state index contributed by atoms with van der Waals surface area (Å²) in [5.74, 6) is 0.685. The van der Waals surface area contributed by atoms with Gasteiger partial charge in [-0.1, -0.05) is 0 Å². The van der Waals surface area contributed by atoms with E-state index in [1.165, 1.54) is 6.07 Å². The highest BCUT2D eigenvalue weighted by Crippen LogP contribution is 2.37. The molecule has 2 heterocycles. The molecule has 0 bridgehead atoms. The lowest BCUT2D eigenvalue weighted by Gasteiger charge is -2.37. The summed E-state index contributed by atoms with van der Waals surface area (Å²) in [6, 6.07) is 5.53. The number of nitriles is 1. The first-order valence-corrected chi connectivity index (χ1v) is 9.69. The maximum atomic E-state index is 13.2. The predicted molar refractivity (Wildman–Crippen MR) is 107 cm³/mol. The van der Waals surface area contributed by atoms with Crippen molar-refractivity contribution in [1.29, 1.82) is 5.26 Å². The summed E-state index contributed by atoms with van der Waals surface area (Å²) in [6.07, 6.45) is -2.87. The minimum atomic E-state index is -4.55.